The van der Waals surface area contributed by atoms with Crippen molar-refractivity contribution >= 4 is 11.8 Å². The van der Waals surface area contributed by atoms with E-state index in [1.807, 2.05) is 7.05 Å². The number of amides is 2. The van der Waals surface area contributed by atoms with Gasteiger partial charge in [0.05, 0.1) is 18.4 Å². The van der Waals surface area contributed by atoms with Crippen LogP contribution in [0.1, 0.15) is 26.2 Å². The third-order valence-electron chi connectivity index (χ3n) is 5.25. The van der Waals surface area contributed by atoms with Crippen LogP contribution in [-0.2, 0) is 14.3 Å². The highest BCUT2D eigenvalue weighted by Crippen LogP contribution is 2.43. The van der Waals surface area contributed by atoms with Gasteiger partial charge in [0.1, 0.15) is 0 Å². The molecular weight excluding hydrogens is 256 g/mol. The van der Waals surface area contributed by atoms with Crippen LogP contribution in [0.2, 0.25) is 0 Å². The van der Waals surface area contributed by atoms with Crippen LogP contribution in [0.25, 0.3) is 0 Å². The van der Waals surface area contributed by atoms with Crippen LogP contribution in [0.4, 0.5) is 0 Å². The Morgan fingerprint density at radius 1 is 1.30 bits per heavy atom. The van der Waals surface area contributed by atoms with Crippen LogP contribution in [0.15, 0.2) is 0 Å². The standard InChI is InChI=1S/C15H24N2O3/c1-9-5-11-12(6-9)15(19)17(14(11)18)7-13(16-2)10-3-4-20-8-10/h9-13,16H,3-8H2,1-2H3. The molecule has 3 aliphatic rings. The van der Waals surface area contributed by atoms with Gasteiger partial charge in [-0.05, 0) is 32.2 Å². The smallest absolute Gasteiger partial charge is 0.233 e. The van der Waals surface area contributed by atoms with Gasteiger partial charge in [0.15, 0.2) is 0 Å². The van der Waals surface area contributed by atoms with Gasteiger partial charge in [-0.1, -0.05) is 6.92 Å². The van der Waals surface area contributed by atoms with E-state index in [0.717, 1.165) is 32.5 Å². The van der Waals surface area contributed by atoms with Crippen molar-refractivity contribution in [2.75, 3.05) is 26.8 Å². The average molecular weight is 280 g/mol. The van der Waals surface area contributed by atoms with Gasteiger partial charge in [0.25, 0.3) is 0 Å². The molecule has 4 atom stereocenters. The minimum atomic E-state index is -0.0464. The highest BCUT2D eigenvalue weighted by atomic mass is 16.5. The normalized spacial score (nSPS) is 38.6. The van der Waals surface area contributed by atoms with Crippen LogP contribution in [0.3, 0.4) is 0 Å². The SMILES string of the molecule is CNC(CN1C(=O)C2CC(C)CC2C1=O)C1CCOC1. The van der Waals surface area contributed by atoms with Crippen LogP contribution >= 0.6 is 0 Å². The van der Waals surface area contributed by atoms with Gasteiger partial charge in [-0.15, -0.1) is 0 Å². The monoisotopic (exact) mass is 280 g/mol. The maximum atomic E-state index is 12.5. The van der Waals surface area contributed by atoms with E-state index < -0.39 is 0 Å². The van der Waals surface area contributed by atoms with Gasteiger partial charge in [0, 0.05) is 25.1 Å². The molecule has 2 heterocycles. The molecule has 2 aliphatic heterocycles. The molecule has 3 rings (SSSR count). The first-order valence-electron chi connectivity index (χ1n) is 7.72. The molecule has 1 N–H and O–H groups in total. The van der Waals surface area contributed by atoms with Crippen LogP contribution in [0.5, 0.6) is 0 Å². The quantitative estimate of drug-likeness (QED) is 0.768. The molecule has 0 bridgehead atoms. The average Bonchev–Trinajstić information content (AvgIpc) is 3.11. The third kappa shape index (κ3) is 2.27. The summed E-state index contributed by atoms with van der Waals surface area (Å²) < 4.78 is 5.42. The summed E-state index contributed by atoms with van der Waals surface area (Å²) in [5.74, 6) is 0.931. The van der Waals surface area contributed by atoms with E-state index in [4.69, 9.17) is 4.74 Å². The Morgan fingerprint density at radius 3 is 2.45 bits per heavy atom. The Labute approximate surface area is 120 Å². The lowest BCUT2D eigenvalue weighted by atomic mass is 9.98. The van der Waals surface area contributed by atoms with Crippen molar-refractivity contribution in [3.63, 3.8) is 0 Å². The van der Waals surface area contributed by atoms with Crippen LogP contribution in [-0.4, -0.2) is 49.6 Å². The zero-order valence-corrected chi connectivity index (χ0v) is 12.3. The molecule has 0 aromatic rings. The summed E-state index contributed by atoms with van der Waals surface area (Å²) in [4.78, 5) is 26.4. The predicted molar refractivity (Wildman–Crippen MR) is 73.9 cm³/mol. The first-order valence-corrected chi connectivity index (χ1v) is 7.72. The van der Waals surface area contributed by atoms with E-state index in [9.17, 15) is 9.59 Å². The van der Waals surface area contributed by atoms with Crippen molar-refractivity contribution in [2.45, 2.75) is 32.2 Å². The first kappa shape index (κ1) is 14.0. The lowest BCUT2D eigenvalue weighted by Crippen LogP contribution is -2.47. The first-order chi connectivity index (χ1) is 9.61. The van der Waals surface area contributed by atoms with Gasteiger partial charge in [-0.2, -0.15) is 0 Å². The molecule has 2 saturated heterocycles. The summed E-state index contributed by atoms with van der Waals surface area (Å²) in [6.07, 6.45) is 2.76. The minimum Gasteiger partial charge on any atom is -0.381 e. The summed E-state index contributed by atoms with van der Waals surface area (Å²) in [5, 5.41) is 3.26. The van der Waals surface area contributed by atoms with Gasteiger partial charge >= 0.3 is 0 Å². The molecule has 3 fully saturated rings. The van der Waals surface area contributed by atoms with E-state index in [0.29, 0.717) is 18.4 Å². The van der Waals surface area contributed by atoms with Crippen molar-refractivity contribution in [2.24, 2.45) is 23.7 Å². The molecule has 2 amide bonds. The highest BCUT2D eigenvalue weighted by molar-refractivity contribution is 6.05. The topological polar surface area (TPSA) is 58.6 Å². The summed E-state index contributed by atoms with van der Waals surface area (Å²) >= 11 is 0. The maximum Gasteiger partial charge on any atom is 0.233 e. The Kier molecular flexibility index (Phi) is 3.82. The van der Waals surface area contributed by atoms with Crippen molar-refractivity contribution in [3.05, 3.63) is 0 Å². The van der Waals surface area contributed by atoms with E-state index in [1.54, 1.807) is 0 Å². The van der Waals surface area contributed by atoms with Gasteiger partial charge in [0.2, 0.25) is 11.8 Å². The molecule has 1 saturated carbocycles. The lowest BCUT2D eigenvalue weighted by molar-refractivity contribution is -0.141. The zero-order valence-electron chi connectivity index (χ0n) is 12.3. The second-order valence-corrected chi connectivity index (χ2v) is 6.60. The molecule has 1 aliphatic carbocycles. The minimum absolute atomic E-state index is 0.0464. The molecule has 112 valence electrons. The number of nitrogens with one attached hydrogen (secondary N) is 1. The molecule has 0 aromatic heterocycles. The predicted octanol–water partition coefficient (Wildman–Crippen LogP) is 0.642. The molecule has 5 nitrogen and oxygen atoms in total. The van der Waals surface area contributed by atoms with Crippen LogP contribution < -0.4 is 5.32 Å². The largest absolute Gasteiger partial charge is 0.381 e. The Bertz CT molecular complexity index is 382. The number of rotatable bonds is 4. The lowest BCUT2D eigenvalue weighted by Gasteiger charge is -2.27. The van der Waals surface area contributed by atoms with E-state index >= 15 is 0 Å². The summed E-state index contributed by atoms with van der Waals surface area (Å²) in [5.41, 5.74) is 0. The van der Waals surface area contributed by atoms with Crippen molar-refractivity contribution < 1.29 is 14.3 Å². The number of imide groups is 1. The Balaban J connectivity index is 1.68. The number of carbonyl (C=O) groups is 2. The van der Waals surface area contributed by atoms with Gasteiger partial charge in [-0.25, -0.2) is 0 Å². The van der Waals surface area contributed by atoms with Gasteiger partial charge in [-0.3, -0.25) is 14.5 Å². The maximum absolute atomic E-state index is 12.5. The second-order valence-electron chi connectivity index (χ2n) is 6.60. The fourth-order valence-corrected chi connectivity index (χ4v) is 4.07. The number of likely N-dealkylation sites (N-methyl/N-ethyl adjacent to an activating group) is 1. The second kappa shape index (κ2) is 5.45. The fraction of sp³-hybridized carbons (Fsp3) is 0.867. The number of likely N-dealkylation sites (tertiary alicyclic amines) is 1. The van der Waals surface area contributed by atoms with E-state index in [-0.39, 0.29) is 29.7 Å². The summed E-state index contributed by atoms with van der Waals surface area (Å²) in [7, 11) is 1.90. The molecule has 4 unspecified atom stereocenters. The molecule has 0 radical (unpaired) electrons. The summed E-state index contributed by atoms with van der Waals surface area (Å²) in [6, 6.07) is 0.154. The Hall–Kier alpha value is -0.940. The van der Waals surface area contributed by atoms with Gasteiger partial charge < -0.3 is 10.1 Å². The molecule has 0 spiro atoms. The third-order valence-corrected chi connectivity index (χ3v) is 5.25. The molecule has 0 aromatic carbocycles. The number of ether oxygens (including phenoxy) is 1. The highest BCUT2D eigenvalue weighted by Gasteiger charge is 2.52. The molecule has 20 heavy (non-hydrogen) atoms. The van der Waals surface area contributed by atoms with E-state index in [2.05, 4.69) is 12.2 Å². The Morgan fingerprint density at radius 2 is 1.95 bits per heavy atom. The van der Waals surface area contributed by atoms with Crippen molar-refractivity contribution in [3.8, 4) is 0 Å². The number of hydrogen-bond acceptors (Lipinski definition) is 4. The molecular formula is C15H24N2O3. The number of hydrogen-bond donors (Lipinski definition) is 1. The zero-order chi connectivity index (χ0) is 14.3. The fourth-order valence-electron chi connectivity index (χ4n) is 4.07. The summed E-state index contributed by atoms with van der Waals surface area (Å²) in [6.45, 7) is 4.15. The number of fused-ring (bicyclic) bond motifs is 1. The number of nitrogens with zero attached hydrogens (tertiary/aromatic N) is 1. The number of carbonyl (C=O) groups excluding carboxylic acids is 2. The molecule has 5 heteroatoms. The van der Waals surface area contributed by atoms with Crippen LogP contribution in [0, 0.1) is 23.7 Å². The van der Waals surface area contributed by atoms with E-state index in [1.165, 1.54) is 4.90 Å². The van der Waals surface area contributed by atoms with Crippen molar-refractivity contribution in [1.82, 2.24) is 10.2 Å². The van der Waals surface area contributed by atoms with Crippen molar-refractivity contribution in [1.29, 1.82) is 0 Å².